The van der Waals surface area contributed by atoms with Crippen LogP contribution in [0.4, 0.5) is 5.13 Å². The molecule has 2 heterocycles. The number of aromatic nitrogens is 1. The van der Waals surface area contributed by atoms with Gasteiger partial charge in [-0.3, -0.25) is 4.79 Å². The summed E-state index contributed by atoms with van der Waals surface area (Å²) in [6, 6.07) is 14.9. The Hall–Kier alpha value is -1.94. The van der Waals surface area contributed by atoms with Crippen LogP contribution in [0.5, 0.6) is 0 Å². The molecule has 0 radical (unpaired) electrons. The summed E-state index contributed by atoms with van der Waals surface area (Å²) in [6.45, 7) is 1.15. The van der Waals surface area contributed by atoms with Crippen molar-refractivity contribution in [3.63, 3.8) is 0 Å². The number of thioether (sulfide) groups is 1. The first kappa shape index (κ1) is 20.3. The quantitative estimate of drug-likeness (QED) is 0.593. The van der Waals surface area contributed by atoms with Crippen LogP contribution < -0.4 is 5.32 Å². The number of sulfonamides is 1. The Balaban J connectivity index is 1.40. The summed E-state index contributed by atoms with van der Waals surface area (Å²) in [5.41, 5.74) is 1.86. The molecule has 4 rings (SSSR count). The van der Waals surface area contributed by atoms with Gasteiger partial charge in [0.1, 0.15) is 0 Å². The monoisotopic (exact) mass is 447 g/mol. The molecule has 2 aromatic carbocycles. The van der Waals surface area contributed by atoms with Gasteiger partial charge in [0.25, 0.3) is 0 Å². The van der Waals surface area contributed by atoms with Crippen LogP contribution in [0.2, 0.25) is 0 Å². The van der Waals surface area contributed by atoms with Gasteiger partial charge in [0.2, 0.25) is 15.9 Å². The molecule has 152 valence electrons. The molecule has 0 unspecified atom stereocenters. The molecule has 0 atom stereocenters. The molecule has 0 spiro atoms. The summed E-state index contributed by atoms with van der Waals surface area (Å²) >= 11 is 2.83. The van der Waals surface area contributed by atoms with E-state index in [4.69, 9.17) is 0 Å². The van der Waals surface area contributed by atoms with Gasteiger partial charge in [-0.2, -0.15) is 4.31 Å². The van der Waals surface area contributed by atoms with E-state index in [0.717, 1.165) is 23.3 Å². The molecule has 1 aliphatic heterocycles. The summed E-state index contributed by atoms with van der Waals surface area (Å²) in [5, 5.41) is 3.31. The number of benzene rings is 2. The van der Waals surface area contributed by atoms with Gasteiger partial charge in [0.15, 0.2) is 5.13 Å². The first-order valence-electron chi connectivity index (χ1n) is 9.35. The highest BCUT2D eigenvalue weighted by Crippen LogP contribution is 2.30. The minimum absolute atomic E-state index is 0.116. The first-order chi connectivity index (χ1) is 14.0. The molecule has 1 saturated heterocycles. The minimum atomic E-state index is -3.46. The second-order valence-corrected chi connectivity index (χ2v) is 10.7. The molecule has 0 saturated carbocycles. The molecule has 0 bridgehead atoms. The second kappa shape index (κ2) is 8.83. The number of thiazole rings is 1. The summed E-state index contributed by atoms with van der Waals surface area (Å²) in [5.74, 6) is 0.987. The van der Waals surface area contributed by atoms with Crippen LogP contribution in [0.15, 0.2) is 53.4 Å². The van der Waals surface area contributed by atoms with Gasteiger partial charge in [-0.25, -0.2) is 13.4 Å². The fourth-order valence-corrected chi connectivity index (χ4v) is 6.52. The average Bonchev–Trinajstić information content (AvgIpc) is 3.38. The topological polar surface area (TPSA) is 79.4 Å². The number of nitrogens with one attached hydrogen (secondary N) is 1. The van der Waals surface area contributed by atoms with Crippen LogP contribution in [0, 0.1) is 0 Å². The third-order valence-corrected chi connectivity index (χ3v) is 8.49. The largest absolute Gasteiger partial charge is 0.301 e. The van der Waals surface area contributed by atoms with E-state index in [1.54, 1.807) is 30.0 Å². The van der Waals surface area contributed by atoms with Crippen molar-refractivity contribution >= 4 is 54.4 Å². The summed E-state index contributed by atoms with van der Waals surface area (Å²) in [6.07, 6.45) is 1.81. The lowest BCUT2D eigenvalue weighted by atomic mass is 10.2. The SMILES string of the molecule is O=C(CSCc1ccccc1)Nc1nc2ccc(S(=O)(=O)N3CCCC3)cc2s1. The van der Waals surface area contributed by atoms with E-state index in [2.05, 4.69) is 10.3 Å². The van der Waals surface area contributed by atoms with E-state index in [1.165, 1.54) is 21.2 Å². The number of rotatable bonds is 7. The lowest BCUT2D eigenvalue weighted by molar-refractivity contribution is -0.113. The highest BCUT2D eigenvalue weighted by molar-refractivity contribution is 7.99. The Morgan fingerprint density at radius 3 is 2.66 bits per heavy atom. The Bertz CT molecular complexity index is 1110. The number of nitrogens with zero attached hydrogens (tertiary/aromatic N) is 2. The van der Waals surface area contributed by atoms with Gasteiger partial charge in [0.05, 0.1) is 20.9 Å². The van der Waals surface area contributed by atoms with E-state index >= 15 is 0 Å². The van der Waals surface area contributed by atoms with Crippen LogP contribution in [-0.2, 0) is 20.6 Å². The van der Waals surface area contributed by atoms with E-state index in [0.29, 0.717) is 29.5 Å². The summed E-state index contributed by atoms with van der Waals surface area (Å²) in [7, 11) is -3.46. The van der Waals surface area contributed by atoms with Crippen molar-refractivity contribution in [3.8, 4) is 0 Å². The Kier molecular flexibility index (Phi) is 6.19. The van der Waals surface area contributed by atoms with Gasteiger partial charge in [-0.05, 0) is 36.6 Å². The fraction of sp³-hybridized carbons (Fsp3) is 0.300. The molecule has 1 fully saturated rings. The average molecular weight is 448 g/mol. The van der Waals surface area contributed by atoms with E-state index in [1.807, 2.05) is 30.3 Å². The molecule has 0 aliphatic carbocycles. The summed E-state index contributed by atoms with van der Waals surface area (Å²) in [4.78, 5) is 16.9. The van der Waals surface area contributed by atoms with E-state index in [9.17, 15) is 13.2 Å². The van der Waals surface area contributed by atoms with Crippen molar-refractivity contribution in [2.45, 2.75) is 23.5 Å². The molecule has 3 aromatic rings. The van der Waals surface area contributed by atoms with Gasteiger partial charge >= 0.3 is 0 Å². The van der Waals surface area contributed by atoms with E-state index < -0.39 is 10.0 Å². The number of amides is 1. The standard InChI is InChI=1S/C20H21N3O3S3/c24-19(14-27-13-15-6-2-1-3-7-15)22-20-21-17-9-8-16(12-18(17)28-20)29(25,26)23-10-4-5-11-23/h1-3,6-9,12H,4-5,10-11,13-14H2,(H,21,22,24). The van der Waals surface area contributed by atoms with Gasteiger partial charge in [-0.15, -0.1) is 11.8 Å². The lowest BCUT2D eigenvalue weighted by Crippen LogP contribution is -2.27. The van der Waals surface area contributed by atoms with E-state index in [-0.39, 0.29) is 10.8 Å². The predicted molar refractivity (Wildman–Crippen MR) is 119 cm³/mol. The number of fused-ring (bicyclic) bond motifs is 1. The normalized spacial score (nSPS) is 15.0. The first-order valence-corrected chi connectivity index (χ1v) is 12.8. The number of hydrogen-bond donors (Lipinski definition) is 1. The van der Waals surface area contributed by atoms with Crippen molar-refractivity contribution in [1.29, 1.82) is 0 Å². The molecular formula is C20H21N3O3S3. The van der Waals surface area contributed by atoms with Crippen molar-refractivity contribution < 1.29 is 13.2 Å². The zero-order valence-electron chi connectivity index (χ0n) is 15.7. The lowest BCUT2D eigenvalue weighted by Gasteiger charge is -2.15. The van der Waals surface area contributed by atoms with Crippen LogP contribution in [0.25, 0.3) is 10.2 Å². The Labute approximate surface area is 178 Å². The summed E-state index contributed by atoms with van der Waals surface area (Å²) < 4.78 is 27.7. The fourth-order valence-electron chi connectivity index (χ4n) is 3.19. The highest BCUT2D eigenvalue weighted by atomic mass is 32.2. The maximum absolute atomic E-state index is 12.7. The van der Waals surface area contributed by atoms with Crippen molar-refractivity contribution in [1.82, 2.24) is 9.29 Å². The third-order valence-electron chi connectivity index (χ3n) is 4.65. The highest BCUT2D eigenvalue weighted by Gasteiger charge is 2.27. The Morgan fingerprint density at radius 2 is 1.90 bits per heavy atom. The van der Waals surface area contributed by atoms with Crippen LogP contribution in [0.1, 0.15) is 18.4 Å². The maximum Gasteiger partial charge on any atom is 0.243 e. The molecule has 1 N–H and O–H groups in total. The molecule has 1 amide bonds. The van der Waals surface area contributed by atoms with Crippen LogP contribution in [-0.4, -0.2) is 42.5 Å². The smallest absolute Gasteiger partial charge is 0.243 e. The number of carbonyl (C=O) groups excluding carboxylic acids is 1. The molecule has 6 nitrogen and oxygen atoms in total. The number of carbonyl (C=O) groups is 1. The molecular weight excluding hydrogens is 426 g/mol. The van der Waals surface area contributed by atoms with Crippen LogP contribution >= 0.6 is 23.1 Å². The molecule has 9 heteroatoms. The number of anilines is 1. The number of hydrogen-bond acceptors (Lipinski definition) is 6. The molecule has 1 aliphatic rings. The zero-order valence-corrected chi connectivity index (χ0v) is 18.2. The van der Waals surface area contributed by atoms with Gasteiger partial charge in [-0.1, -0.05) is 41.7 Å². The van der Waals surface area contributed by atoms with Gasteiger partial charge < -0.3 is 5.32 Å². The minimum Gasteiger partial charge on any atom is -0.301 e. The van der Waals surface area contributed by atoms with Gasteiger partial charge in [0, 0.05) is 18.8 Å². The zero-order chi connectivity index (χ0) is 20.3. The maximum atomic E-state index is 12.7. The van der Waals surface area contributed by atoms with Crippen LogP contribution in [0.3, 0.4) is 0 Å². The Morgan fingerprint density at radius 1 is 1.14 bits per heavy atom. The molecule has 29 heavy (non-hydrogen) atoms. The van der Waals surface area contributed by atoms with Crippen molar-refractivity contribution in [3.05, 3.63) is 54.1 Å². The predicted octanol–water partition coefficient (Wildman–Crippen LogP) is 3.95. The van der Waals surface area contributed by atoms with Crippen molar-refractivity contribution in [2.75, 3.05) is 24.2 Å². The second-order valence-electron chi connectivity index (χ2n) is 6.79. The molecule has 1 aromatic heterocycles. The van der Waals surface area contributed by atoms with Crippen molar-refractivity contribution in [2.24, 2.45) is 0 Å². The third kappa shape index (κ3) is 4.80.